The van der Waals surface area contributed by atoms with Crippen molar-refractivity contribution in [2.24, 2.45) is 16.0 Å². The molecule has 164 valence electrons. The largest absolute Gasteiger partial charge is 0.493 e. The van der Waals surface area contributed by atoms with Crippen molar-refractivity contribution < 1.29 is 18.7 Å². The van der Waals surface area contributed by atoms with Gasteiger partial charge in [-0.15, -0.1) is 0 Å². The minimum atomic E-state index is -0.482. The second-order valence-electron chi connectivity index (χ2n) is 7.44. The van der Waals surface area contributed by atoms with Crippen LogP contribution in [-0.2, 0) is 11.4 Å². The third-order valence-corrected chi connectivity index (χ3v) is 5.98. The lowest BCUT2D eigenvalue weighted by molar-refractivity contribution is -0.114. The summed E-state index contributed by atoms with van der Waals surface area (Å²) in [6, 6.07) is 11.3. The van der Waals surface area contributed by atoms with Gasteiger partial charge < -0.3 is 9.47 Å². The molecular weight excluding hydrogens is 431 g/mol. The topological polar surface area (TPSA) is 87.3 Å². The van der Waals surface area contributed by atoms with Gasteiger partial charge in [-0.25, -0.2) is 4.39 Å². The molecule has 0 fully saturated rings. The van der Waals surface area contributed by atoms with Gasteiger partial charge in [0.2, 0.25) is 5.17 Å². The zero-order valence-electron chi connectivity index (χ0n) is 17.8. The van der Waals surface area contributed by atoms with Crippen molar-refractivity contribution in [2.75, 3.05) is 7.11 Å². The molecule has 0 atom stereocenters. The Morgan fingerprint density at radius 1 is 1.19 bits per heavy atom. The maximum Gasteiger partial charge on any atom is 0.283 e. The molecule has 0 saturated carbocycles. The number of benzene rings is 2. The molecule has 7 nitrogen and oxygen atoms in total. The number of amidine groups is 2. The first-order valence-electron chi connectivity index (χ1n) is 9.91. The van der Waals surface area contributed by atoms with Crippen LogP contribution in [0, 0.1) is 17.1 Å². The molecule has 2 aromatic rings. The van der Waals surface area contributed by atoms with Gasteiger partial charge in [-0.05, 0) is 53.2 Å². The third kappa shape index (κ3) is 4.43. The van der Waals surface area contributed by atoms with Crippen LogP contribution in [0.15, 0.2) is 58.1 Å². The highest BCUT2D eigenvalue weighted by atomic mass is 32.2. The monoisotopic (exact) mass is 452 g/mol. The zero-order chi connectivity index (χ0) is 22.8. The second-order valence-corrected chi connectivity index (χ2v) is 8.43. The number of nitrogens with one attached hydrogen (secondary N) is 1. The Hall–Kier alpha value is -3.46. The highest BCUT2D eigenvalue weighted by Crippen LogP contribution is 2.33. The van der Waals surface area contributed by atoms with E-state index in [0.717, 1.165) is 10.6 Å². The average molecular weight is 453 g/mol. The van der Waals surface area contributed by atoms with E-state index in [0.29, 0.717) is 22.2 Å². The van der Waals surface area contributed by atoms with Gasteiger partial charge in [-0.2, -0.15) is 15.1 Å². The van der Waals surface area contributed by atoms with Crippen molar-refractivity contribution in [2.45, 2.75) is 20.5 Å². The lowest BCUT2D eigenvalue weighted by Crippen LogP contribution is -2.35. The van der Waals surface area contributed by atoms with Crippen LogP contribution >= 0.6 is 11.8 Å². The van der Waals surface area contributed by atoms with Crippen LogP contribution in [0.1, 0.15) is 25.0 Å². The first-order chi connectivity index (χ1) is 15.4. The molecule has 0 unspecified atom stereocenters. The number of thioether (sulfide) groups is 1. The van der Waals surface area contributed by atoms with Gasteiger partial charge in [0.05, 0.1) is 12.7 Å². The molecule has 0 aromatic heterocycles. The predicted octanol–water partition coefficient (Wildman–Crippen LogP) is 4.69. The molecule has 0 bridgehead atoms. The maximum absolute atomic E-state index is 13.1. The molecule has 0 radical (unpaired) electrons. The first kappa shape index (κ1) is 21.8. The molecule has 0 aliphatic carbocycles. The SMILES string of the molecule is COc1cc(/C=C2/C(=N)N3N=C(C(C)C)SC3=NC2=O)ccc1OCc1ccc(F)cc1. The van der Waals surface area contributed by atoms with Crippen LogP contribution in [-0.4, -0.2) is 34.1 Å². The van der Waals surface area contributed by atoms with E-state index in [-0.39, 0.29) is 29.8 Å². The molecule has 2 aliphatic heterocycles. The number of methoxy groups -OCH3 is 1. The van der Waals surface area contributed by atoms with E-state index < -0.39 is 5.91 Å². The highest BCUT2D eigenvalue weighted by Gasteiger charge is 2.36. The van der Waals surface area contributed by atoms with E-state index in [1.165, 1.54) is 36.0 Å². The van der Waals surface area contributed by atoms with E-state index in [1.54, 1.807) is 36.4 Å². The Bertz CT molecular complexity index is 1170. The van der Waals surface area contributed by atoms with Crippen LogP contribution < -0.4 is 9.47 Å². The van der Waals surface area contributed by atoms with E-state index >= 15 is 0 Å². The Kier molecular flexibility index (Phi) is 6.09. The van der Waals surface area contributed by atoms with E-state index in [9.17, 15) is 9.18 Å². The van der Waals surface area contributed by atoms with Crippen molar-refractivity contribution in [1.29, 1.82) is 5.41 Å². The summed E-state index contributed by atoms with van der Waals surface area (Å²) in [6.07, 6.45) is 1.59. The van der Waals surface area contributed by atoms with Crippen molar-refractivity contribution in [1.82, 2.24) is 5.01 Å². The van der Waals surface area contributed by atoms with Crippen molar-refractivity contribution in [3.8, 4) is 11.5 Å². The molecule has 32 heavy (non-hydrogen) atoms. The Labute approximate surface area is 189 Å². The van der Waals surface area contributed by atoms with Crippen molar-refractivity contribution in [3.05, 3.63) is 65.0 Å². The number of ether oxygens (including phenoxy) is 2. The van der Waals surface area contributed by atoms with Crippen molar-refractivity contribution >= 4 is 39.8 Å². The number of halogens is 1. The summed E-state index contributed by atoms with van der Waals surface area (Å²) in [5.41, 5.74) is 1.62. The van der Waals surface area contributed by atoms with Crippen molar-refractivity contribution in [3.63, 3.8) is 0 Å². The zero-order valence-corrected chi connectivity index (χ0v) is 18.6. The number of nitrogens with zero attached hydrogens (tertiary/aromatic N) is 3. The Morgan fingerprint density at radius 2 is 1.94 bits per heavy atom. The van der Waals surface area contributed by atoms with E-state index in [2.05, 4.69) is 10.1 Å². The van der Waals surface area contributed by atoms with Gasteiger partial charge in [-0.3, -0.25) is 10.2 Å². The average Bonchev–Trinajstić information content (AvgIpc) is 3.21. The number of carbonyl (C=O) groups is 1. The highest BCUT2D eigenvalue weighted by molar-refractivity contribution is 8.27. The maximum atomic E-state index is 13.1. The summed E-state index contributed by atoms with van der Waals surface area (Å²) in [4.78, 5) is 16.7. The van der Waals surface area contributed by atoms with E-state index in [4.69, 9.17) is 14.9 Å². The number of hydrogen-bond acceptors (Lipinski definition) is 6. The normalized spacial score (nSPS) is 16.9. The molecule has 1 N–H and O–H groups in total. The fraction of sp³-hybridized carbons (Fsp3) is 0.217. The molecular formula is C23H21FN4O3S. The summed E-state index contributed by atoms with van der Waals surface area (Å²) in [5, 5.41) is 15.5. The van der Waals surface area contributed by atoms with Crippen LogP contribution in [0.5, 0.6) is 11.5 Å². The molecule has 2 heterocycles. The molecule has 4 rings (SSSR count). The Morgan fingerprint density at radius 3 is 2.62 bits per heavy atom. The quantitative estimate of drug-likeness (QED) is 0.643. The fourth-order valence-electron chi connectivity index (χ4n) is 3.04. The molecule has 2 aromatic carbocycles. The lowest BCUT2D eigenvalue weighted by atomic mass is 10.1. The molecule has 9 heteroatoms. The molecule has 2 aliphatic rings. The van der Waals surface area contributed by atoms with Gasteiger partial charge >= 0.3 is 0 Å². The standard InChI is InChI=1S/C23H21FN4O3S/c1-13(2)22-27-28-20(25)17(21(29)26-23(28)32-22)10-15-6-9-18(19(11-15)30-3)31-12-14-4-7-16(24)8-5-14/h4-11,13,25H,12H2,1-3H3/b17-10-,25-20?. The number of fused-ring (bicyclic) bond motifs is 1. The van der Waals surface area contributed by atoms with Gasteiger partial charge in [0.1, 0.15) is 17.5 Å². The lowest BCUT2D eigenvalue weighted by Gasteiger charge is -2.20. The van der Waals surface area contributed by atoms with Gasteiger partial charge in [0, 0.05) is 5.92 Å². The summed E-state index contributed by atoms with van der Waals surface area (Å²) >= 11 is 1.31. The number of rotatable bonds is 6. The Balaban J connectivity index is 1.55. The van der Waals surface area contributed by atoms with Gasteiger partial charge in [0.25, 0.3) is 5.91 Å². The summed E-state index contributed by atoms with van der Waals surface area (Å²) < 4.78 is 24.3. The van der Waals surface area contributed by atoms with Gasteiger partial charge in [0.15, 0.2) is 17.3 Å². The second kappa shape index (κ2) is 8.96. The summed E-state index contributed by atoms with van der Waals surface area (Å²) in [5.74, 6) is 0.351. The number of amides is 1. The number of hydrogen-bond donors (Lipinski definition) is 1. The smallest absolute Gasteiger partial charge is 0.283 e. The van der Waals surface area contributed by atoms with Crippen LogP contribution in [0.3, 0.4) is 0 Å². The molecule has 0 spiro atoms. The summed E-state index contributed by atoms with van der Waals surface area (Å²) in [6.45, 7) is 4.25. The first-order valence-corrected chi connectivity index (χ1v) is 10.7. The molecule has 1 amide bonds. The number of aliphatic imine (C=N–C) groups is 1. The molecule has 0 saturated heterocycles. The van der Waals surface area contributed by atoms with Crippen LogP contribution in [0.2, 0.25) is 0 Å². The van der Waals surface area contributed by atoms with Crippen LogP contribution in [0.25, 0.3) is 6.08 Å². The van der Waals surface area contributed by atoms with E-state index in [1.807, 2.05) is 13.8 Å². The predicted molar refractivity (Wildman–Crippen MR) is 124 cm³/mol. The van der Waals surface area contributed by atoms with Gasteiger partial charge in [-0.1, -0.05) is 32.0 Å². The summed E-state index contributed by atoms with van der Waals surface area (Å²) in [7, 11) is 1.52. The third-order valence-electron chi connectivity index (χ3n) is 4.77. The number of hydrazone groups is 1. The minimum absolute atomic E-state index is 0.0150. The minimum Gasteiger partial charge on any atom is -0.493 e. The fourth-order valence-corrected chi connectivity index (χ4v) is 3.93. The number of carbonyl (C=O) groups excluding carboxylic acids is 1. The van der Waals surface area contributed by atoms with Crippen LogP contribution in [0.4, 0.5) is 4.39 Å².